The molecule has 0 unspecified atom stereocenters. The lowest BCUT2D eigenvalue weighted by Gasteiger charge is -2.17. The highest BCUT2D eigenvalue weighted by atomic mass is 19.4. The van der Waals surface area contributed by atoms with E-state index in [1.807, 2.05) is 0 Å². The Labute approximate surface area is 85.6 Å². The predicted molar refractivity (Wildman–Crippen MR) is 56.4 cm³/mol. The van der Waals surface area contributed by atoms with Gasteiger partial charge in [-0.15, -0.1) is 0 Å². The van der Waals surface area contributed by atoms with Gasteiger partial charge in [-0.25, -0.2) is 0 Å². The number of fused-ring (bicyclic) bond motifs is 1. The minimum Gasteiger partial charge on any atom is -0.445 e. The highest BCUT2D eigenvalue weighted by molar-refractivity contribution is 6.75. The van der Waals surface area contributed by atoms with E-state index in [4.69, 9.17) is 0 Å². The van der Waals surface area contributed by atoms with Crippen LogP contribution >= 0.6 is 0 Å². The fraction of sp³-hybridized carbons (Fsp3) is 0.200. The van der Waals surface area contributed by atoms with Gasteiger partial charge in [-0.1, -0.05) is 23.7 Å². The number of benzene rings is 1. The number of halogens is 3. The van der Waals surface area contributed by atoms with Crippen LogP contribution in [0.2, 0.25) is 0 Å². The summed E-state index contributed by atoms with van der Waals surface area (Å²) in [6.07, 6.45) is 0. The molecule has 0 fully saturated rings. The molecule has 1 aromatic carbocycles. The second-order valence-corrected chi connectivity index (χ2v) is 3.70. The molecule has 2 rings (SSSR count). The van der Waals surface area contributed by atoms with Gasteiger partial charge in [0.25, 0.3) is 0 Å². The van der Waals surface area contributed by atoms with E-state index in [0.717, 1.165) is 11.8 Å². The normalized spacial score (nSPS) is 12.3. The summed E-state index contributed by atoms with van der Waals surface area (Å²) >= 11 is 0. The van der Waals surface area contributed by atoms with E-state index in [2.05, 4.69) is 0 Å². The Balaban J connectivity index is 2.86. The third kappa shape index (κ3) is 1.52. The van der Waals surface area contributed by atoms with E-state index >= 15 is 0 Å². The average Bonchev–Trinajstić information content (AvgIpc) is 2.41. The maximum atomic E-state index is 12.8. The molecule has 0 radical (unpaired) electrons. The third-order valence-electron chi connectivity index (χ3n) is 2.68. The molecule has 15 heavy (non-hydrogen) atoms. The number of nitrogens with zero attached hydrogens (tertiary/aromatic N) is 1. The van der Waals surface area contributed by atoms with Crippen molar-refractivity contribution in [2.24, 2.45) is 7.05 Å². The van der Waals surface area contributed by atoms with Crippen LogP contribution in [0.25, 0.3) is 10.9 Å². The van der Waals surface area contributed by atoms with Crippen molar-refractivity contribution in [2.45, 2.75) is 6.92 Å². The topological polar surface area (TPSA) is 4.93 Å². The summed E-state index contributed by atoms with van der Waals surface area (Å²) < 4.78 is 39.9. The van der Waals surface area contributed by atoms with Gasteiger partial charge in [-0.3, -0.25) is 0 Å². The number of hydrogen-bond acceptors (Lipinski definition) is 0. The highest BCUT2D eigenvalue weighted by Crippen LogP contribution is 2.20. The van der Waals surface area contributed by atoms with Gasteiger partial charge in [0.15, 0.2) is 0 Å². The molecule has 0 atom stereocenters. The lowest BCUT2D eigenvalue weighted by Crippen LogP contribution is -2.35. The fourth-order valence-corrected chi connectivity index (χ4v) is 1.85. The molecule has 5 heteroatoms. The van der Waals surface area contributed by atoms with E-state index in [1.54, 1.807) is 30.7 Å². The smallest absolute Gasteiger partial charge is 0.445 e. The van der Waals surface area contributed by atoms with Crippen LogP contribution in [-0.2, 0) is 7.05 Å². The molecule has 1 heterocycles. The minimum atomic E-state index is -4.94. The zero-order valence-electron chi connectivity index (χ0n) is 8.47. The van der Waals surface area contributed by atoms with Crippen LogP contribution in [0.3, 0.4) is 0 Å². The second kappa shape index (κ2) is 3.05. The fourth-order valence-electron chi connectivity index (χ4n) is 1.85. The maximum Gasteiger partial charge on any atom is 0.511 e. The van der Waals surface area contributed by atoms with Gasteiger partial charge in [0.2, 0.25) is 0 Å². The summed E-state index contributed by atoms with van der Waals surface area (Å²) in [6.45, 7) is -3.14. The number of aryl methyl sites for hydroxylation is 2. The first-order chi connectivity index (χ1) is 6.91. The lowest BCUT2D eigenvalue weighted by molar-refractivity contribution is 0.501. The summed E-state index contributed by atoms with van der Waals surface area (Å²) in [6, 6.07) is 6.06. The quantitative estimate of drug-likeness (QED) is 0.640. The SMILES string of the molecule is Cc1cc2cccc([B-](F)(F)F)c2n1C. The largest absolute Gasteiger partial charge is 0.511 e. The van der Waals surface area contributed by atoms with E-state index in [-0.39, 0.29) is 5.52 Å². The van der Waals surface area contributed by atoms with Crippen LogP contribution in [0.5, 0.6) is 0 Å². The molecule has 0 amide bonds. The van der Waals surface area contributed by atoms with Crippen molar-refractivity contribution >= 4 is 23.3 Å². The zero-order chi connectivity index (χ0) is 11.2. The summed E-state index contributed by atoms with van der Waals surface area (Å²) in [7, 11) is 1.66. The molecule has 0 spiro atoms. The van der Waals surface area contributed by atoms with Crippen molar-refractivity contribution < 1.29 is 12.9 Å². The molecular formula is C10H10BF3N-. The Morgan fingerprint density at radius 1 is 1.20 bits per heavy atom. The van der Waals surface area contributed by atoms with Crippen molar-refractivity contribution in [3.63, 3.8) is 0 Å². The Bertz CT molecular complexity index is 513. The molecule has 80 valence electrons. The summed E-state index contributed by atoms with van der Waals surface area (Å²) in [4.78, 5) is 0. The van der Waals surface area contributed by atoms with Gasteiger partial charge in [0, 0.05) is 18.3 Å². The molecule has 1 aromatic heterocycles. The zero-order valence-corrected chi connectivity index (χ0v) is 8.47. The van der Waals surface area contributed by atoms with Crippen LogP contribution in [0.15, 0.2) is 24.3 Å². The van der Waals surface area contributed by atoms with E-state index in [9.17, 15) is 12.9 Å². The van der Waals surface area contributed by atoms with Crippen LogP contribution in [-0.4, -0.2) is 11.5 Å². The first-order valence-corrected chi connectivity index (χ1v) is 4.66. The van der Waals surface area contributed by atoms with Gasteiger partial charge >= 0.3 is 6.98 Å². The molecule has 0 N–H and O–H groups in total. The van der Waals surface area contributed by atoms with Crippen molar-refractivity contribution in [3.8, 4) is 0 Å². The summed E-state index contributed by atoms with van der Waals surface area (Å²) in [5, 5.41) is 0.645. The van der Waals surface area contributed by atoms with Crippen LogP contribution in [0, 0.1) is 6.92 Å². The molecule has 0 bridgehead atoms. The first kappa shape index (κ1) is 10.1. The van der Waals surface area contributed by atoms with Gasteiger partial charge in [-0.05, 0) is 18.4 Å². The summed E-state index contributed by atoms with van der Waals surface area (Å²) in [5.41, 5.74) is 0.600. The van der Waals surface area contributed by atoms with Crippen molar-refractivity contribution in [2.75, 3.05) is 0 Å². The molecule has 0 saturated heterocycles. The third-order valence-corrected chi connectivity index (χ3v) is 2.68. The number of hydrogen-bond donors (Lipinski definition) is 0. The minimum absolute atomic E-state index is 0.280. The number of aromatic nitrogens is 1. The molecule has 0 aliphatic rings. The molecule has 0 aliphatic carbocycles. The highest BCUT2D eigenvalue weighted by Gasteiger charge is 2.28. The number of para-hydroxylation sites is 1. The van der Waals surface area contributed by atoms with E-state index in [0.29, 0.717) is 5.39 Å². The van der Waals surface area contributed by atoms with Gasteiger partial charge in [0.1, 0.15) is 0 Å². The molecule has 2 aromatic rings. The predicted octanol–water partition coefficient (Wildman–Crippen LogP) is 2.54. The van der Waals surface area contributed by atoms with Crippen molar-refractivity contribution in [1.82, 2.24) is 4.57 Å². The first-order valence-electron chi connectivity index (χ1n) is 4.66. The van der Waals surface area contributed by atoms with Crippen LogP contribution in [0.1, 0.15) is 5.69 Å². The van der Waals surface area contributed by atoms with Gasteiger partial charge in [-0.2, -0.15) is 0 Å². The monoisotopic (exact) mass is 212 g/mol. The standard InChI is InChI=1S/C10H10BF3N/c1-7-6-8-4-3-5-9(11(12,13)14)10(8)15(7)2/h3-6H,1-2H3/q-1. The molecule has 1 nitrogen and oxygen atoms in total. The van der Waals surface area contributed by atoms with Crippen molar-refractivity contribution in [3.05, 3.63) is 30.0 Å². The molecular weight excluding hydrogens is 202 g/mol. The van der Waals surface area contributed by atoms with Crippen molar-refractivity contribution in [1.29, 1.82) is 0 Å². The summed E-state index contributed by atoms with van der Waals surface area (Å²) in [5.74, 6) is 0. The van der Waals surface area contributed by atoms with E-state index < -0.39 is 12.4 Å². The number of rotatable bonds is 1. The van der Waals surface area contributed by atoms with Gasteiger partial charge in [0.05, 0.1) is 0 Å². The molecule has 0 aliphatic heterocycles. The van der Waals surface area contributed by atoms with Crippen LogP contribution < -0.4 is 5.46 Å². The van der Waals surface area contributed by atoms with Crippen LogP contribution in [0.4, 0.5) is 12.9 Å². The Kier molecular flexibility index (Phi) is 2.06. The lowest BCUT2D eigenvalue weighted by atomic mass is 9.79. The van der Waals surface area contributed by atoms with E-state index in [1.165, 1.54) is 6.07 Å². The van der Waals surface area contributed by atoms with Gasteiger partial charge < -0.3 is 17.5 Å². The maximum absolute atomic E-state index is 12.8. The second-order valence-electron chi connectivity index (χ2n) is 3.70. The Morgan fingerprint density at radius 2 is 1.87 bits per heavy atom. The average molecular weight is 212 g/mol. The Hall–Kier alpha value is -1.39. The Morgan fingerprint density at radius 3 is 2.47 bits per heavy atom. The molecule has 0 saturated carbocycles.